The summed E-state index contributed by atoms with van der Waals surface area (Å²) < 4.78 is 0. The lowest BCUT2D eigenvalue weighted by molar-refractivity contribution is 0.325. The zero-order valence-corrected chi connectivity index (χ0v) is 7.55. The molecule has 2 atom stereocenters. The number of nitrogens with one attached hydrogen (secondary N) is 2. The van der Waals surface area contributed by atoms with E-state index in [1.165, 1.54) is 25.7 Å². The summed E-state index contributed by atoms with van der Waals surface area (Å²) in [5.74, 6) is 0. The summed E-state index contributed by atoms with van der Waals surface area (Å²) >= 11 is 0. The number of fused-ring (bicyclic) bond motifs is 2. The first-order chi connectivity index (χ1) is 5.88. The Kier molecular flexibility index (Phi) is 2.47. The van der Waals surface area contributed by atoms with Gasteiger partial charge in [-0.15, -0.1) is 6.58 Å². The summed E-state index contributed by atoms with van der Waals surface area (Å²) in [6.45, 7) is 4.68. The van der Waals surface area contributed by atoms with Gasteiger partial charge in [-0.2, -0.15) is 0 Å². The number of hydrogen-bond acceptors (Lipinski definition) is 2. The van der Waals surface area contributed by atoms with Gasteiger partial charge in [0.05, 0.1) is 0 Å². The van der Waals surface area contributed by atoms with E-state index in [0.29, 0.717) is 0 Å². The molecule has 2 bridgehead atoms. The highest BCUT2D eigenvalue weighted by Gasteiger charge is 2.32. The second-order valence-electron chi connectivity index (χ2n) is 4.00. The number of rotatable bonds is 3. The van der Waals surface area contributed by atoms with Crippen LogP contribution in [-0.4, -0.2) is 24.7 Å². The van der Waals surface area contributed by atoms with Gasteiger partial charge in [0.25, 0.3) is 0 Å². The summed E-state index contributed by atoms with van der Waals surface area (Å²) in [4.78, 5) is 0. The Morgan fingerprint density at radius 1 is 1.33 bits per heavy atom. The molecule has 2 N–H and O–H groups in total. The Morgan fingerprint density at radius 2 is 2.00 bits per heavy atom. The van der Waals surface area contributed by atoms with Crippen molar-refractivity contribution in [2.45, 2.75) is 43.8 Å². The zero-order chi connectivity index (χ0) is 8.39. The van der Waals surface area contributed by atoms with Crippen LogP contribution in [0.3, 0.4) is 0 Å². The number of piperidine rings is 1. The van der Waals surface area contributed by atoms with Gasteiger partial charge < -0.3 is 10.6 Å². The van der Waals surface area contributed by atoms with Gasteiger partial charge in [0.1, 0.15) is 0 Å². The van der Waals surface area contributed by atoms with Crippen LogP contribution in [-0.2, 0) is 0 Å². The molecule has 2 aliphatic heterocycles. The molecular formula is C10H18N2. The van der Waals surface area contributed by atoms with Crippen molar-refractivity contribution >= 4 is 0 Å². The first kappa shape index (κ1) is 8.27. The van der Waals surface area contributed by atoms with Crippen LogP contribution in [0.15, 0.2) is 12.7 Å². The molecule has 0 amide bonds. The van der Waals surface area contributed by atoms with Gasteiger partial charge in [0, 0.05) is 24.7 Å². The Balaban J connectivity index is 1.81. The van der Waals surface area contributed by atoms with Crippen molar-refractivity contribution in [2.75, 3.05) is 6.54 Å². The fourth-order valence-corrected chi connectivity index (χ4v) is 2.47. The molecule has 0 radical (unpaired) electrons. The van der Waals surface area contributed by atoms with Crippen LogP contribution in [0.4, 0.5) is 0 Å². The molecule has 68 valence electrons. The SMILES string of the molecule is C=CCNC1CC2CCC(C1)N2. The minimum Gasteiger partial charge on any atom is -0.311 e. The normalized spacial score (nSPS) is 39.8. The molecule has 2 heteroatoms. The fourth-order valence-electron chi connectivity index (χ4n) is 2.47. The van der Waals surface area contributed by atoms with E-state index in [1.807, 2.05) is 6.08 Å². The molecule has 0 aromatic heterocycles. The standard InChI is InChI=1S/C10H18N2/c1-2-5-11-10-6-8-3-4-9(7-10)12-8/h2,8-12H,1,3-7H2. The van der Waals surface area contributed by atoms with Crippen LogP contribution >= 0.6 is 0 Å². The van der Waals surface area contributed by atoms with Gasteiger partial charge in [-0.25, -0.2) is 0 Å². The first-order valence-electron chi connectivity index (χ1n) is 4.99. The zero-order valence-electron chi connectivity index (χ0n) is 7.55. The molecule has 0 saturated carbocycles. The Morgan fingerprint density at radius 3 is 2.58 bits per heavy atom. The largest absolute Gasteiger partial charge is 0.311 e. The molecule has 2 saturated heterocycles. The molecule has 2 nitrogen and oxygen atoms in total. The highest BCUT2D eigenvalue weighted by molar-refractivity contribution is 4.95. The van der Waals surface area contributed by atoms with E-state index in [0.717, 1.165) is 24.7 Å². The van der Waals surface area contributed by atoms with E-state index in [4.69, 9.17) is 0 Å². The summed E-state index contributed by atoms with van der Waals surface area (Å²) in [5, 5.41) is 7.14. The maximum absolute atomic E-state index is 3.72. The van der Waals surface area contributed by atoms with E-state index in [2.05, 4.69) is 17.2 Å². The van der Waals surface area contributed by atoms with Crippen LogP contribution in [0.25, 0.3) is 0 Å². The lowest BCUT2D eigenvalue weighted by atomic mass is 10.00. The molecule has 2 unspecified atom stereocenters. The highest BCUT2D eigenvalue weighted by atomic mass is 15.0. The van der Waals surface area contributed by atoms with Crippen molar-refractivity contribution in [1.82, 2.24) is 10.6 Å². The van der Waals surface area contributed by atoms with Crippen LogP contribution in [0.1, 0.15) is 25.7 Å². The monoisotopic (exact) mass is 166 g/mol. The Labute approximate surface area is 74.4 Å². The summed E-state index contributed by atoms with van der Waals surface area (Å²) in [5.41, 5.74) is 0. The molecule has 0 aliphatic carbocycles. The summed E-state index contributed by atoms with van der Waals surface area (Å²) in [6.07, 6.45) is 7.34. The molecular weight excluding hydrogens is 148 g/mol. The molecule has 0 spiro atoms. The Bertz CT molecular complexity index is 155. The van der Waals surface area contributed by atoms with Gasteiger partial charge >= 0.3 is 0 Å². The van der Waals surface area contributed by atoms with Crippen LogP contribution in [0, 0.1) is 0 Å². The lowest BCUT2D eigenvalue weighted by Gasteiger charge is -2.29. The fraction of sp³-hybridized carbons (Fsp3) is 0.800. The summed E-state index contributed by atoms with van der Waals surface area (Å²) in [7, 11) is 0. The molecule has 2 heterocycles. The maximum atomic E-state index is 3.72. The van der Waals surface area contributed by atoms with E-state index < -0.39 is 0 Å². The molecule has 2 aliphatic rings. The third-order valence-corrected chi connectivity index (χ3v) is 3.02. The third-order valence-electron chi connectivity index (χ3n) is 3.02. The smallest absolute Gasteiger partial charge is 0.0134 e. The molecule has 2 fully saturated rings. The van der Waals surface area contributed by atoms with Gasteiger partial charge in [0.2, 0.25) is 0 Å². The van der Waals surface area contributed by atoms with Gasteiger partial charge in [-0.3, -0.25) is 0 Å². The van der Waals surface area contributed by atoms with Gasteiger partial charge in [0.15, 0.2) is 0 Å². The summed E-state index contributed by atoms with van der Waals surface area (Å²) in [6, 6.07) is 2.33. The second-order valence-corrected chi connectivity index (χ2v) is 4.00. The van der Waals surface area contributed by atoms with E-state index >= 15 is 0 Å². The predicted molar refractivity (Wildman–Crippen MR) is 51.2 cm³/mol. The second kappa shape index (κ2) is 3.58. The third kappa shape index (κ3) is 1.70. The van der Waals surface area contributed by atoms with Gasteiger partial charge in [-0.1, -0.05) is 6.08 Å². The molecule has 2 rings (SSSR count). The van der Waals surface area contributed by atoms with Gasteiger partial charge in [-0.05, 0) is 25.7 Å². The average Bonchev–Trinajstić information content (AvgIpc) is 2.42. The van der Waals surface area contributed by atoms with Crippen molar-refractivity contribution in [3.05, 3.63) is 12.7 Å². The van der Waals surface area contributed by atoms with Crippen molar-refractivity contribution in [1.29, 1.82) is 0 Å². The molecule has 12 heavy (non-hydrogen) atoms. The van der Waals surface area contributed by atoms with Crippen molar-refractivity contribution < 1.29 is 0 Å². The van der Waals surface area contributed by atoms with Crippen molar-refractivity contribution in [3.63, 3.8) is 0 Å². The van der Waals surface area contributed by atoms with Crippen molar-refractivity contribution in [2.24, 2.45) is 0 Å². The van der Waals surface area contributed by atoms with E-state index in [-0.39, 0.29) is 0 Å². The lowest BCUT2D eigenvalue weighted by Crippen LogP contribution is -2.46. The highest BCUT2D eigenvalue weighted by Crippen LogP contribution is 2.26. The van der Waals surface area contributed by atoms with E-state index in [9.17, 15) is 0 Å². The number of hydrogen-bond donors (Lipinski definition) is 2. The quantitative estimate of drug-likeness (QED) is 0.612. The predicted octanol–water partition coefficient (Wildman–Crippen LogP) is 1.04. The van der Waals surface area contributed by atoms with Crippen LogP contribution in [0.5, 0.6) is 0 Å². The molecule has 0 aromatic rings. The first-order valence-corrected chi connectivity index (χ1v) is 4.99. The Hall–Kier alpha value is -0.340. The van der Waals surface area contributed by atoms with Crippen LogP contribution < -0.4 is 10.6 Å². The average molecular weight is 166 g/mol. The van der Waals surface area contributed by atoms with Crippen LogP contribution in [0.2, 0.25) is 0 Å². The topological polar surface area (TPSA) is 24.1 Å². The minimum absolute atomic E-state index is 0.738. The maximum Gasteiger partial charge on any atom is 0.0134 e. The van der Waals surface area contributed by atoms with E-state index in [1.54, 1.807) is 0 Å². The minimum atomic E-state index is 0.738. The molecule has 0 aromatic carbocycles. The van der Waals surface area contributed by atoms with Crippen molar-refractivity contribution in [3.8, 4) is 0 Å².